The molecule has 0 bridgehead atoms. The summed E-state index contributed by atoms with van der Waals surface area (Å²) in [5, 5.41) is 0.177. The van der Waals surface area contributed by atoms with Gasteiger partial charge in [-0.1, -0.05) is 11.6 Å². The number of hydrogen-bond acceptors (Lipinski definition) is 3. The minimum absolute atomic E-state index is 0.136. The van der Waals surface area contributed by atoms with Crippen LogP contribution in [0.15, 0.2) is 30.5 Å². The summed E-state index contributed by atoms with van der Waals surface area (Å²) in [5.74, 6) is -1.37. The number of halogens is 3. The minimum Gasteiger partial charge on any atom is -0.250 e. The van der Waals surface area contributed by atoms with Gasteiger partial charge in [0.1, 0.15) is 28.0 Å². The summed E-state index contributed by atoms with van der Waals surface area (Å²) in [6.07, 6.45) is 1.56. The Labute approximate surface area is 118 Å². The Balaban J connectivity index is 2.35. The quantitative estimate of drug-likeness (QED) is 0.638. The summed E-state index contributed by atoms with van der Waals surface area (Å²) < 4.78 is 26.9. The number of pyridine rings is 1. The molecule has 3 aromatic rings. The summed E-state index contributed by atoms with van der Waals surface area (Å²) >= 11 is 5.93. The Kier molecular flexibility index (Phi) is 3.06. The van der Waals surface area contributed by atoms with Gasteiger partial charge in [0.25, 0.3) is 0 Å². The predicted octanol–water partition coefficient (Wildman–Crippen LogP) is 3.93. The number of rotatable bonds is 1. The first kappa shape index (κ1) is 12.9. The SMILES string of the molecule is Cc1cnc2c(-c3ccc(F)cc3F)nc(Cl)cc2n1. The van der Waals surface area contributed by atoms with Crippen LogP contribution in [0.25, 0.3) is 22.3 Å². The topological polar surface area (TPSA) is 38.7 Å². The molecule has 0 N–H and O–H groups in total. The lowest BCUT2D eigenvalue weighted by Gasteiger charge is -2.07. The van der Waals surface area contributed by atoms with Gasteiger partial charge >= 0.3 is 0 Å². The zero-order chi connectivity index (χ0) is 14.3. The third-order valence-electron chi connectivity index (χ3n) is 2.80. The maximum atomic E-state index is 13.9. The molecule has 100 valence electrons. The van der Waals surface area contributed by atoms with E-state index in [4.69, 9.17) is 11.6 Å². The van der Waals surface area contributed by atoms with Crippen molar-refractivity contribution in [2.24, 2.45) is 0 Å². The van der Waals surface area contributed by atoms with Crippen LogP contribution in [0.1, 0.15) is 5.69 Å². The van der Waals surface area contributed by atoms with E-state index in [2.05, 4.69) is 15.0 Å². The highest BCUT2D eigenvalue weighted by atomic mass is 35.5. The van der Waals surface area contributed by atoms with Crippen LogP contribution in [0.5, 0.6) is 0 Å². The summed E-state index contributed by atoms with van der Waals surface area (Å²) in [5.41, 5.74) is 2.04. The standard InChI is InChI=1S/C14H8ClF2N3/c1-7-6-18-14-11(19-7)5-12(15)20-13(14)9-3-2-8(16)4-10(9)17/h2-6H,1H3. The van der Waals surface area contributed by atoms with Crippen LogP contribution in [0.2, 0.25) is 5.15 Å². The number of aromatic nitrogens is 3. The molecule has 0 fully saturated rings. The van der Waals surface area contributed by atoms with Crippen molar-refractivity contribution in [3.05, 3.63) is 52.9 Å². The Hall–Kier alpha value is -2.14. The average molecular weight is 292 g/mol. The highest BCUT2D eigenvalue weighted by molar-refractivity contribution is 6.30. The van der Waals surface area contributed by atoms with Crippen LogP contribution in [0.4, 0.5) is 8.78 Å². The smallest absolute Gasteiger partial charge is 0.135 e. The first-order valence-electron chi connectivity index (χ1n) is 5.80. The predicted molar refractivity (Wildman–Crippen MR) is 72.4 cm³/mol. The van der Waals surface area contributed by atoms with Crippen LogP contribution in [-0.4, -0.2) is 15.0 Å². The zero-order valence-corrected chi connectivity index (χ0v) is 11.1. The molecule has 0 saturated heterocycles. The molecule has 0 unspecified atom stereocenters. The second kappa shape index (κ2) is 4.76. The molecule has 0 aliphatic heterocycles. The number of hydrogen-bond donors (Lipinski definition) is 0. The van der Waals surface area contributed by atoms with E-state index in [9.17, 15) is 8.78 Å². The van der Waals surface area contributed by atoms with Crippen LogP contribution in [0.3, 0.4) is 0 Å². The Bertz CT molecular complexity index is 816. The molecule has 1 aromatic carbocycles. The van der Waals surface area contributed by atoms with Crippen molar-refractivity contribution in [3.63, 3.8) is 0 Å². The lowest BCUT2D eigenvalue weighted by molar-refractivity contribution is 0.585. The molecule has 0 aliphatic rings. The van der Waals surface area contributed by atoms with E-state index in [1.165, 1.54) is 6.07 Å². The Morgan fingerprint density at radius 1 is 1.10 bits per heavy atom. The first-order valence-corrected chi connectivity index (χ1v) is 6.18. The highest BCUT2D eigenvalue weighted by Crippen LogP contribution is 2.29. The molecule has 0 aliphatic carbocycles. The fourth-order valence-corrected chi connectivity index (χ4v) is 2.14. The largest absolute Gasteiger partial charge is 0.250 e. The summed E-state index contributed by atoms with van der Waals surface area (Å²) in [4.78, 5) is 12.6. The molecule has 20 heavy (non-hydrogen) atoms. The average Bonchev–Trinajstić information content (AvgIpc) is 2.37. The van der Waals surface area contributed by atoms with Gasteiger partial charge in [0, 0.05) is 23.9 Å². The van der Waals surface area contributed by atoms with Crippen molar-refractivity contribution in [2.75, 3.05) is 0 Å². The molecule has 0 spiro atoms. The van der Waals surface area contributed by atoms with Gasteiger partial charge in [-0.05, 0) is 19.1 Å². The summed E-state index contributed by atoms with van der Waals surface area (Å²) in [6, 6.07) is 4.83. The fraction of sp³-hybridized carbons (Fsp3) is 0.0714. The van der Waals surface area contributed by atoms with Gasteiger partial charge in [0.15, 0.2) is 0 Å². The van der Waals surface area contributed by atoms with Gasteiger partial charge in [-0.25, -0.2) is 18.7 Å². The van der Waals surface area contributed by atoms with Crippen molar-refractivity contribution in [1.82, 2.24) is 15.0 Å². The first-order chi connectivity index (χ1) is 9.54. The van der Waals surface area contributed by atoms with Gasteiger partial charge in [-0.2, -0.15) is 0 Å². The van der Waals surface area contributed by atoms with E-state index in [1.807, 2.05) is 0 Å². The lowest BCUT2D eigenvalue weighted by Crippen LogP contribution is -1.96. The molecule has 0 atom stereocenters. The van der Waals surface area contributed by atoms with Crippen molar-refractivity contribution >= 4 is 22.6 Å². The van der Waals surface area contributed by atoms with Gasteiger partial charge in [-0.3, -0.25) is 4.98 Å². The number of fused-ring (bicyclic) bond motifs is 1. The van der Waals surface area contributed by atoms with Crippen LogP contribution in [0, 0.1) is 18.6 Å². The second-order valence-electron chi connectivity index (χ2n) is 4.30. The third kappa shape index (κ3) is 2.20. The maximum absolute atomic E-state index is 13.9. The molecule has 6 heteroatoms. The maximum Gasteiger partial charge on any atom is 0.135 e. The van der Waals surface area contributed by atoms with Crippen LogP contribution >= 0.6 is 11.6 Å². The van der Waals surface area contributed by atoms with Crippen molar-refractivity contribution in [1.29, 1.82) is 0 Å². The van der Waals surface area contributed by atoms with Gasteiger partial charge in [0.2, 0.25) is 0 Å². The zero-order valence-electron chi connectivity index (χ0n) is 10.4. The van der Waals surface area contributed by atoms with Crippen LogP contribution < -0.4 is 0 Å². The molecule has 0 saturated carbocycles. The second-order valence-corrected chi connectivity index (χ2v) is 4.68. The van der Waals surface area contributed by atoms with Gasteiger partial charge in [0.05, 0.1) is 11.2 Å². The number of nitrogens with zero attached hydrogens (tertiary/aromatic N) is 3. The van der Waals surface area contributed by atoms with E-state index in [-0.39, 0.29) is 16.4 Å². The molecule has 0 radical (unpaired) electrons. The van der Waals surface area contributed by atoms with Crippen molar-refractivity contribution in [3.8, 4) is 11.3 Å². The van der Waals surface area contributed by atoms with E-state index in [1.54, 1.807) is 19.2 Å². The number of aryl methyl sites for hydroxylation is 1. The van der Waals surface area contributed by atoms with Crippen molar-refractivity contribution < 1.29 is 8.78 Å². The van der Waals surface area contributed by atoms with E-state index >= 15 is 0 Å². The third-order valence-corrected chi connectivity index (χ3v) is 3.00. The van der Waals surface area contributed by atoms with Gasteiger partial charge in [-0.15, -0.1) is 0 Å². The molecular weight excluding hydrogens is 284 g/mol. The fourth-order valence-electron chi connectivity index (χ4n) is 1.95. The minimum atomic E-state index is -0.719. The Morgan fingerprint density at radius 2 is 1.90 bits per heavy atom. The normalized spacial score (nSPS) is 11.0. The summed E-state index contributed by atoms with van der Waals surface area (Å²) in [7, 11) is 0. The molecule has 3 rings (SSSR count). The monoisotopic (exact) mass is 291 g/mol. The van der Waals surface area contributed by atoms with E-state index < -0.39 is 11.6 Å². The molecule has 2 aromatic heterocycles. The molecular formula is C14H8ClF2N3. The summed E-state index contributed by atoms with van der Waals surface area (Å²) in [6.45, 7) is 1.79. The molecule has 3 nitrogen and oxygen atoms in total. The molecule has 0 amide bonds. The Morgan fingerprint density at radius 3 is 2.65 bits per heavy atom. The van der Waals surface area contributed by atoms with Gasteiger partial charge < -0.3 is 0 Å². The lowest BCUT2D eigenvalue weighted by atomic mass is 10.1. The molecule has 2 heterocycles. The van der Waals surface area contributed by atoms with Crippen LogP contribution in [-0.2, 0) is 0 Å². The van der Waals surface area contributed by atoms with Crippen molar-refractivity contribution in [2.45, 2.75) is 6.92 Å². The van der Waals surface area contributed by atoms with E-state index in [0.29, 0.717) is 16.7 Å². The highest BCUT2D eigenvalue weighted by Gasteiger charge is 2.14. The number of benzene rings is 1. The van der Waals surface area contributed by atoms with E-state index in [0.717, 1.165) is 12.1 Å².